The molecule has 0 N–H and O–H groups in total. The fourth-order valence-electron chi connectivity index (χ4n) is 0.818. The molecular weight excluding hydrogens is 192 g/mol. The summed E-state index contributed by atoms with van der Waals surface area (Å²) in [5.74, 6) is 0.669. The molecule has 0 aliphatic carbocycles. The van der Waals surface area contributed by atoms with E-state index in [0.717, 1.165) is 11.6 Å². The molecule has 0 aromatic carbocycles. The molecule has 1 atom stereocenters. The van der Waals surface area contributed by atoms with Crippen molar-refractivity contribution in [2.75, 3.05) is 12.9 Å². The Morgan fingerprint density at radius 2 is 2.50 bits per heavy atom. The molecule has 4 heteroatoms. The molecule has 1 aromatic rings. The summed E-state index contributed by atoms with van der Waals surface area (Å²) in [6.07, 6.45) is 1.83. The molecule has 12 heavy (non-hydrogen) atoms. The Morgan fingerprint density at radius 1 is 1.75 bits per heavy atom. The Balaban J connectivity index is 2.41. The lowest BCUT2D eigenvalue weighted by atomic mass is 10.3. The highest BCUT2D eigenvalue weighted by molar-refractivity contribution is 7.09. The Labute approximate surface area is 82.2 Å². The van der Waals surface area contributed by atoms with Crippen LogP contribution in [-0.4, -0.2) is 28.9 Å². The van der Waals surface area contributed by atoms with Gasteiger partial charge in [0.25, 0.3) is 0 Å². The maximum absolute atomic E-state index is 5.73. The predicted octanol–water partition coefficient (Wildman–Crippen LogP) is 2.20. The zero-order valence-corrected chi connectivity index (χ0v) is 8.90. The lowest BCUT2D eigenvalue weighted by Gasteiger charge is -2.20. The largest absolute Gasteiger partial charge is 0.296 e. The van der Waals surface area contributed by atoms with Gasteiger partial charge in [-0.25, -0.2) is 4.98 Å². The molecule has 0 bridgehead atoms. The Hall–Kier alpha value is -0.120. The second kappa shape index (κ2) is 4.80. The second-order valence-corrected chi connectivity index (χ2v) is 4.13. The van der Waals surface area contributed by atoms with E-state index in [0.29, 0.717) is 11.9 Å². The predicted molar refractivity (Wildman–Crippen MR) is 53.8 cm³/mol. The Kier molecular flexibility index (Phi) is 3.98. The number of nitrogens with zero attached hydrogens (tertiary/aromatic N) is 2. The van der Waals surface area contributed by atoms with E-state index in [2.05, 4.69) is 23.9 Å². The van der Waals surface area contributed by atoms with Crippen LogP contribution >= 0.6 is 22.9 Å². The number of hydrogen-bond donors (Lipinski definition) is 0. The van der Waals surface area contributed by atoms with Crippen molar-refractivity contribution in [2.45, 2.75) is 19.5 Å². The molecular formula is C8H13ClN2S. The van der Waals surface area contributed by atoms with Crippen LogP contribution < -0.4 is 0 Å². The summed E-state index contributed by atoms with van der Waals surface area (Å²) < 4.78 is 0. The van der Waals surface area contributed by atoms with Crippen LogP contribution in [0, 0.1) is 0 Å². The van der Waals surface area contributed by atoms with Crippen LogP contribution in [0.4, 0.5) is 0 Å². The normalized spacial score (nSPS) is 13.7. The van der Waals surface area contributed by atoms with Crippen LogP contribution in [0.25, 0.3) is 0 Å². The first-order chi connectivity index (χ1) is 5.74. The maximum atomic E-state index is 5.73. The number of hydrogen-bond acceptors (Lipinski definition) is 3. The van der Waals surface area contributed by atoms with Crippen molar-refractivity contribution in [3.8, 4) is 0 Å². The number of alkyl halides is 1. The molecule has 0 aliphatic rings. The average molecular weight is 205 g/mol. The third-order valence-corrected chi connectivity index (χ3v) is 3.05. The van der Waals surface area contributed by atoms with Crippen molar-refractivity contribution in [2.24, 2.45) is 0 Å². The van der Waals surface area contributed by atoms with E-state index in [1.807, 2.05) is 11.6 Å². The summed E-state index contributed by atoms with van der Waals surface area (Å²) in [4.78, 5) is 6.41. The van der Waals surface area contributed by atoms with E-state index in [1.54, 1.807) is 11.3 Å². The SMILES string of the molecule is CC(CCl)N(C)Cc1nccs1. The monoisotopic (exact) mass is 204 g/mol. The van der Waals surface area contributed by atoms with Crippen molar-refractivity contribution in [1.82, 2.24) is 9.88 Å². The van der Waals surface area contributed by atoms with Gasteiger partial charge in [0, 0.05) is 23.5 Å². The molecule has 0 aliphatic heterocycles. The number of aromatic nitrogens is 1. The van der Waals surface area contributed by atoms with Gasteiger partial charge in [-0.2, -0.15) is 0 Å². The zero-order valence-electron chi connectivity index (χ0n) is 7.33. The summed E-state index contributed by atoms with van der Waals surface area (Å²) in [7, 11) is 2.06. The standard InChI is InChI=1S/C8H13ClN2S/c1-7(5-9)11(2)6-8-10-3-4-12-8/h3-4,7H,5-6H2,1-2H3. The van der Waals surface area contributed by atoms with Crippen molar-refractivity contribution in [3.05, 3.63) is 16.6 Å². The van der Waals surface area contributed by atoms with Crippen LogP contribution in [0.3, 0.4) is 0 Å². The fraction of sp³-hybridized carbons (Fsp3) is 0.625. The average Bonchev–Trinajstić information content (AvgIpc) is 2.55. The molecule has 1 aromatic heterocycles. The minimum absolute atomic E-state index is 0.413. The molecule has 0 saturated heterocycles. The van der Waals surface area contributed by atoms with Gasteiger partial charge in [0.05, 0.1) is 6.54 Å². The van der Waals surface area contributed by atoms with Crippen molar-refractivity contribution >= 4 is 22.9 Å². The summed E-state index contributed by atoms with van der Waals surface area (Å²) in [6.45, 7) is 3.01. The molecule has 0 saturated carbocycles. The van der Waals surface area contributed by atoms with E-state index in [4.69, 9.17) is 11.6 Å². The van der Waals surface area contributed by atoms with Crippen LogP contribution in [0.2, 0.25) is 0 Å². The van der Waals surface area contributed by atoms with Gasteiger partial charge in [-0.05, 0) is 14.0 Å². The highest BCUT2D eigenvalue weighted by Crippen LogP contribution is 2.09. The van der Waals surface area contributed by atoms with Crippen LogP contribution in [-0.2, 0) is 6.54 Å². The van der Waals surface area contributed by atoms with Gasteiger partial charge in [-0.15, -0.1) is 22.9 Å². The van der Waals surface area contributed by atoms with Gasteiger partial charge < -0.3 is 0 Å². The van der Waals surface area contributed by atoms with Gasteiger partial charge in [0.2, 0.25) is 0 Å². The van der Waals surface area contributed by atoms with E-state index in [9.17, 15) is 0 Å². The lowest BCUT2D eigenvalue weighted by molar-refractivity contribution is 0.268. The molecule has 68 valence electrons. The number of halogens is 1. The lowest BCUT2D eigenvalue weighted by Crippen LogP contribution is -2.29. The van der Waals surface area contributed by atoms with Gasteiger partial charge in [0.1, 0.15) is 5.01 Å². The quantitative estimate of drug-likeness (QED) is 0.700. The smallest absolute Gasteiger partial charge is 0.107 e. The highest BCUT2D eigenvalue weighted by Gasteiger charge is 2.08. The molecule has 0 radical (unpaired) electrons. The summed E-state index contributed by atoms with van der Waals surface area (Å²) in [6, 6.07) is 0.413. The third kappa shape index (κ3) is 2.73. The molecule has 0 spiro atoms. The Bertz CT molecular complexity index is 213. The van der Waals surface area contributed by atoms with E-state index in [1.165, 1.54) is 0 Å². The summed E-state index contributed by atoms with van der Waals surface area (Å²) in [5.41, 5.74) is 0. The minimum Gasteiger partial charge on any atom is -0.296 e. The van der Waals surface area contributed by atoms with E-state index < -0.39 is 0 Å². The zero-order chi connectivity index (χ0) is 8.97. The highest BCUT2D eigenvalue weighted by atomic mass is 35.5. The Morgan fingerprint density at radius 3 is 3.00 bits per heavy atom. The van der Waals surface area contributed by atoms with Crippen LogP contribution in [0.15, 0.2) is 11.6 Å². The topological polar surface area (TPSA) is 16.1 Å². The van der Waals surface area contributed by atoms with Gasteiger partial charge >= 0.3 is 0 Å². The molecule has 1 heterocycles. The van der Waals surface area contributed by atoms with E-state index >= 15 is 0 Å². The number of thiazole rings is 1. The first-order valence-electron chi connectivity index (χ1n) is 3.88. The maximum Gasteiger partial charge on any atom is 0.107 e. The number of rotatable bonds is 4. The minimum atomic E-state index is 0.413. The molecule has 0 fully saturated rings. The van der Waals surface area contributed by atoms with Crippen molar-refractivity contribution in [1.29, 1.82) is 0 Å². The summed E-state index contributed by atoms with van der Waals surface area (Å²) >= 11 is 7.41. The fourth-order valence-corrected chi connectivity index (χ4v) is 1.73. The molecule has 0 amide bonds. The first-order valence-corrected chi connectivity index (χ1v) is 5.30. The molecule has 1 unspecified atom stereocenters. The van der Waals surface area contributed by atoms with Gasteiger partial charge in [-0.3, -0.25) is 4.90 Å². The molecule has 2 nitrogen and oxygen atoms in total. The van der Waals surface area contributed by atoms with Crippen molar-refractivity contribution < 1.29 is 0 Å². The van der Waals surface area contributed by atoms with Gasteiger partial charge in [-0.1, -0.05) is 0 Å². The van der Waals surface area contributed by atoms with Crippen LogP contribution in [0.1, 0.15) is 11.9 Å². The van der Waals surface area contributed by atoms with E-state index in [-0.39, 0.29) is 0 Å². The molecule has 1 rings (SSSR count). The van der Waals surface area contributed by atoms with Crippen LogP contribution in [0.5, 0.6) is 0 Å². The van der Waals surface area contributed by atoms with Crippen molar-refractivity contribution in [3.63, 3.8) is 0 Å². The summed E-state index contributed by atoms with van der Waals surface area (Å²) in [5, 5.41) is 3.14. The first kappa shape index (κ1) is 9.96. The van der Waals surface area contributed by atoms with Gasteiger partial charge in [0.15, 0.2) is 0 Å². The third-order valence-electron chi connectivity index (χ3n) is 1.84. The second-order valence-electron chi connectivity index (χ2n) is 2.84.